The van der Waals surface area contributed by atoms with Gasteiger partial charge in [-0.05, 0) is 12.3 Å². The Morgan fingerprint density at radius 3 is 2.91 bits per heavy atom. The predicted octanol–water partition coefficient (Wildman–Crippen LogP) is 2.50. The zero-order valence-corrected chi connectivity index (χ0v) is 12.1. The number of hydrogen-bond donors (Lipinski definition) is 0. The molecule has 0 spiro atoms. The number of nitrogens with zero attached hydrogens (tertiary/aromatic N) is 3. The summed E-state index contributed by atoms with van der Waals surface area (Å²) >= 11 is 0. The fourth-order valence-corrected chi connectivity index (χ4v) is 2.50. The highest BCUT2D eigenvalue weighted by Crippen LogP contribution is 2.30. The maximum absolute atomic E-state index is 12.6. The zero-order valence-electron chi connectivity index (χ0n) is 12.1. The number of aromatic nitrogens is 2. The Morgan fingerprint density at radius 2 is 2.27 bits per heavy atom. The van der Waals surface area contributed by atoms with E-state index in [0.29, 0.717) is 31.8 Å². The Balaban J connectivity index is 1.94. The summed E-state index contributed by atoms with van der Waals surface area (Å²) in [5.74, 6) is 0.414. The SMILES string of the molecule is CN(CC1CCc2nc(C(F)(F)F)cn2C1)C(=O)OCCF. The molecular formula is C13H17F4N3O2. The van der Waals surface area contributed by atoms with Gasteiger partial charge in [-0.3, -0.25) is 0 Å². The molecule has 5 nitrogen and oxygen atoms in total. The molecule has 0 bridgehead atoms. The van der Waals surface area contributed by atoms with E-state index in [-0.39, 0.29) is 12.5 Å². The monoisotopic (exact) mass is 323 g/mol. The minimum atomic E-state index is -4.45. The van der Waals surface area contributed by atoms with Crippen molar-refractivity contribution in [3.63, 3.8) is 0 Å². The third kappa shape index (κ3) is 3.89. The maximum atomic E-state index is 12.6. The molecule has 124 valence electrons. The van der Waals surface area contributed by atoms with Gasteiger partial charge in [0.1, 0.15) is 19.1 Å². The van der Waals surface area contributed by atoms with Crippen LogP contribution < -0.4 is 0 Å². The van der Waals surface area contributed by atoms with Gasteiger partial charge < -0.3 is 14.2 Å². The fraction of sp³-hybridized carbons (Fsp3) is 0.692. The minimum absolute atomic E-state index is 0.00529. The number of ether oxygens (including phenoxy) is 1. The molecule has 22 heavy (non-hydrogen) atoms. The van der Waals surface area contributed by atoms with Crippen molar-refractivity contribution in [3.8, 4) is 0 Å². The number of alkyl halides is 4. The normalized spacial score (nSPS) is 18.0. The fourth-order valence-electron chi connectivity index (χ4n) is 2.50. The van der Waals surface area contributed by atoms with E-state index in [4.69, 9.17) is 0 Å². The number of hydrogen-bond acceptors (Lipinski definition) is 3. The van der Waals surface area contributed by atoms with Crippen LogP contribution in [0, 0.1) is 5.92 Å². The van der Waals surface area contributed by atoms with Gasteiger partial charge in [0.15, 0.2) is 5.69 Å². The molecule has 0 aromatic carbocycles. The second kappa shape index (κ2) is 6.53. The number of rotatable bonds is 4. The van der Waals surface area contributed by atoms with Crippen LogP contribution in [-0.4, -0.2) is 47.4 Å². The molecule has 1 unspecified atom stereocenters. The van der Waals surface area contributed by atoms with Crippen molar-refractivity contribution in [3.05, 3.63) is 17.7 Å². The van der Waals surface area contributed by atoms with Crippen molar-refractivity contribution >= 4 is 6.09 Å². The molecule has 1 aromatic rings. The van der Waals surface area contributed by atoms with Crippen LogP contribution in [0.5, 0.6) is 0 Å². The van der Waals surface area contributed by atoms with Crippen LogP contribution in [0.2, 0.25) is 0 Å². The van der Waals surface area contributed by atoms with Crippen LogP contribution >= 0.6 is 0 Å². The molecule has 2 rings (SSSR count). The predicted molar refractivity (Wildman–Crippen MR) is 69.0 cm³/mol. The Labute approximate surface area is 124 Å². The summed E-state index contributed by atoms with van der Waals surface area (Å²) in [7, 11) is 1.52. The zero-order chi connectivity index (χ0) is 16.3. The van der Waals surface area contributed by atoms with Crippen LogP contribution in [0.25, 0.3) is 0 Å². The lowest BCUT2D eigenvalue weighted by molar-refractivity contribution is -0.141. The van der Waals surface area contributed by atoms with Crippen LogP contribution in [0.3, 0.4) is 0 Å². The quantitative estimate of drug-likeness (QED) is 0.800. The van der Waals surface area contributed by atoms with Crippen molar-refractivity contribution in [2.45, 2.75) is 25.6 Å². The topological polar surface area (TPSA) is 47.4 Å². The minimum Gasteiger partial charge on any atom is -0.447 e. The van der Waals surface area contributed by atoms with Crippen molar-refractivity contribution in [2.24, 2.45) is 5.92 Å². The molecule has 1 aliphatic rings. The van der Waals surface area contributed by atoms with Crippen LogP contribution in [0.1, 0.15) is 17.9 Å². The molecule has 1 amide bonds. The largest absolute Gasteiger partial charge is 0.447 e. The van der Waals surface area contributed by atoms with Gasteiger partial charge in [0.2, 0.25) is 0 Å². The molecule has 1 aromatic heterocycles. The lowest BCUT2D eigenvalue weighted by Crippen LogP contribution is -2.36. The van der Waals surface area contributed by atoms with Gasteiger partial charge in [0.05, 0.1) is 0 Å². The second-order valence-electron chi connectivity index (χ2n) is 5.28. The van der Waals surface area contributed by atoms with E-state index < -0.39 is 24.6 Å². The van der Waals surface area contributed by atoms with Gasteiger partial charge in [0, 0.05) is 32.8 Å². The van der Waals surface area contributed by atoms with Crippen LogP contribution in [-0.2, 0) is 23.9 Å². The molecule has 0 fully saturated rings. The molecular weight excluding hydrogens is 306 g/mol. The van der Waals surface area contributed by atoms with E-state index in [9.17, 15) is 22.4 Å². The summed E-state index contributed by atoms with van der Waals surface area (Å²) in [5.41, 5.74) is -0.890. The van der Waals surface area contributed by atoms with Gasteiger partial charge in [-0.25, -0.2) is 14.2 Å². The number of imidazole rings is 1. The van der Waals surface area contributed by atoms with Crippen LogP contribution in [0.4, 0.5) is 22.4 Å². The average Bonchev–Trinajstić information content (AvgIpc) is 2.87. The first-order valence-corrected chi connectivity index (χ1v) is 6.88. The second-order valence-corrected chi connectivity index (χ2v) is 5.28. The Hall–Kier alpha value is -1.80. The van der Waals surface area contributed by atoms with Gasteiger partial charge in [-0.1, -0.05) is 0 Å². The molecule has 0 saturated carbocycles. The van der Waals surface area contributed by atoms with Crippen molar-refractivity contribution in [1.29, 1.82) is 0 Å². The molecule has 0 saturated heterocycles. The summed E-state index contributed by atoms with van der Waals surface area (Å²) in [5, 5.41) is 0. The molecule has 9 heteroatoms. The Bertz CT molecular complexity index is 530. The lowest BCUT2D eigenvalue weighted by Gasteiger charge is -2.27. The number of carbonyl (C=O) groups excluding carboxylic acids is 1. The lowest BCUT2D eigenvalue weighted by atomic mass is 9.99. The molecule has 0 radical (unpaired) electrons. The molecule has 0 aliphatic carbocycles. The molecule has 0 N–H and O–H groups in total. The average molecular weight is 323 g/mol. The number of aryl methyl sites for hydroxylation is 1. The first kappa shape index (κ1) is 16.6. The number of amides is 1. The van der Waals surface area contributed by atoms with Crippen molar-refractivity contribution in [2.75, 3.05) is 26.9 Å². The van der Waals surface area contributed by atoms with E-state index in [1.807, 2.05) is 0 Å². The van der Waals surface area contributed by atoms with E-state index in [1.165, 1.54) is 16.5 Å². The molecule has 1 aliphatic heterocycles. The van der Waals surface area contributed by atoms with Gasteiger partial charge in [-0.15, -0.1) is 0 Å². The highest BCUT2D eigenvalue weighted by atomic mass is 19.4. The number of carbonyl (C=O) groups is 1. The highest BCUT2D eigenvalue weighted by molar-refractivity contribution is 5.67. The van der Waals surface area contributed by atoms with E-state index in [2.05, 4.69) is 9.72 Å². The summed E-state index contributed by atoms with van der Waals surface area (Å²) in [6, 6.07) is 0. The first-order chi connectivity index (χ1) is 10.3. The Kier molecular flexibility index (Phi) is 4.92. The highest BCUT2D eigenvalue weighted by Gasteiger charge is 2.36. The first-order valence-electron chi connectivity index (χ1n) is 6.88. The summed E-state index contributed by atoms with van der Waals surface area (Å²) < 4.78 is 56.0. The van der Waals surface area contributed by atoms with Crippen LogP contribution in [0.15, 0.2) is 6.20 Å². The summed E-state index contributed by atoms with van der Waals surface area (Å²) in [6.07, 6.45) is -3.02. The summed E-state index contributed by atoms with van der Waals surface area (Å²) in [6.45, 7) is -0.348. The standard InChI is InChI=1S/C13H17F4N3O2/c1-19(12(21)22-5-4-14)6-9-2-3-11-18-10(13(15,16)17)8-20(11)7-9/h8-9H,2-7H2,1H3. The third-order valence-corrected chi connectivity index (χ3v) is 3.53. The molecule has 1 atom stereocenters. The van der Waals surface area contributed by atoms with Crippen molar-refractivity contribution in [1.82, 2.24) is 14.5 Å². The van der Waals surface area contributed by atoms with E-state index >= 15 is 0 Å². The van der Waals surface area contributed by atoms with Gasteiger partial charge >= 0.3 is 12.3 Å². The Morgan fingerprint density at radius 1 is 1.55 bits per heavy atom. The van der Waals surface area contributed by atoms with E-state index in [0.717, 1.165) is 6.20 Å². The number of fused-ring (bicyclic) bond motifs is 1. The smallest absolute Gasteiger partial charge is 0.434 e. The summed E-state index contributed by atoms with van der Waals surface area (Å²) in [4.78, 5) is 16.4. The maximum Gasteiger partial charge on any atom is 0.434 e. The third-order valence-electron chi connectivity index (χ3n) is 3.53. The van der Waals surface area contributed by atoms with Gasteiger partial charge in [0.25, 0.3) is 0 Å². The van der Waals surface area contributed by atoms with E-state index in [1.54, 1.807) is 0 Å². The number of halogens is 4. The van der Waals surface area contributed by atoms with Gasteiger partial charge in [-0.2, -0.15) is 13.2 Å². The molecule has 2 heterocycles. The van der Waals surface area contributed by atoms with Crippen molar-refractivity contribution < 1.29 is 27.1 Å².